The highest BCUT2D eigenvalue weighted by atomic mass is 16.6. The average molecular weight is 302 g/mol. The number of carbonyl (C=O) groups is 1. The van der Waals surface area contributed by atoms with Crippen LogP contribution in [0.4, 0.5) is 4.79 Å². The van der Waals surface area contributed by atoms with Crippen molar-refractivity contribution >= 4 is 6.09 Å². The maximum Gasteiger partial charge on any atom is 0.410 e. The largest absolute Gasteiger partial charge is 0.444 e. The Balaban J connectivity index is 2.48. The number of rotatable bonds is 5. The Morgan fingerprint density at radius 3 is 2.33 bits per heavy atom. The van der Waals surface area contributed by atoms with Gasteiger partial charge < -0.3 is 19.8 Å². The normalized spacial score (nSPS) is 18.9. The van der Waals surface area contributed by atoms with Gasteiger partial charge in [0.1, 0.15) is 5.60 Å². The third-order valence-corrected chi connectivity index (χ3v) is 3.73. The van der Waals surface area contributed by atoms with Crippen molar-refractivity contribution in [1.82, 2.24) is 9.80 Å². The number of ether oxygens (including phenoxy) is 1. The number of carbonyl (C=O) groups excluding carboxylic acids is 1. The summed E-state index contributed by atoms with van der Waals surface area (Å²) < 4.78 is 5.35. The highest BCUT2D eigenvalue weighted by Gasteiger charge is 2.36. The molecule has 1 rings (SSSR count). The predicted octanol–water partition coefficient (Wildman–Crippen LogP) is 1.06. The third kappa shape index (κ3) is 6.20. The van der Waals surface area contributed by atoms with E-state index < -0.39 is 11.2 Å². The molecule has 1 amide bonds. The van der Waals surface area contributed by atoms with Crippen molar-refractivity contribution in [3.8, 4) is 0 Å². The van der Waals surface area contributed by atoms with E-state index in [1.54, 1.807) is 4.90 Å². The number of hydrogen-bond acceptors (Lipinski definition) is 5. The van der Waals surface area contributed by atoms with Gasteiger partial charge in [-0.05, 0) is 40.2 Å². The molecule has 21 heavy (non-hydrogen) atoms. The van der Waals surface area contributed by atoms with Gasteiger partial charge in [0, 0.05) is 26.2 Å². The first-order valence-corrected chi connectivity index (χ1v) is 7.72. The van der Waals surface area contributed by atoms with Crippen molar-refractivity contribution in [2.75, 3.05) is 39.3 Å². The summed E-state index contributed by atoms with van der Waals surface area (Å²) in [5.41, 5.74) is -1.28. The average Bonchev–Trinajstić information content (AvgIpc) is 2.36. The fourth-order valence-electron chi connectivity index (χ4n) is 2.50. The molecule has 6 heteroatoms. The van der Waals surface area contributed by atoms with Crippen LogP contribution in [0.1, 0.15) is 40.5 Å². The quantitative estimate of drug-likeness (QED) is 0.794. The van der Waals surface area contributed by atoms with Crippen LogP contribution in [0.2, 0.25) is 0 Å². The Morgan fingerprint density at radius 1 is 1.33 bits per heavy atom. The molecule has 0 spiro atoms. The molecule has 124 valence electrons. The van der Waals surface area contributed by atoms with E-state index in [9.17, 15) is 9.90 Å². The number of nitrogens with zero attached hydrogens (tertiary/aromatic N) is 2. The van der Waals surface area contributed by atoms with E-state index in [4.69, 9.17) is 9.84 Å². The maximum absolute atomic E-state index is 12.0. The van der Waals surface area contributed by atoms with E-state index >= 15 is 0 Å². The first-order chi connectivity index (χ1) is 9.69. The summed E-state index contributed by atoms with van der Waals surface area (Å²) >= 11 is 0. The van der Waals surface area contributed by atoms with Crippen molar-refractivity contribution in [2.45, 2.75) is 51.7 Å². The summed E-state index contributed by atoms with van der Waals surface area (Å²) in [5, 5.41) is 19.6. The van der Waals surface area contributed by atoms with Crippen LogP contribution >= 0.6 is 0 Å². The Hall–Kier alpha value is -0.850. The van der Waals surface area contributed by atoms with Crippen molar-refractivity contribution in [2.24, 2.45) is 0 Å². The zero-order chi connectivity index (χ0) is 16.1. The first-order valence-electron chi connectivity index (χ1n) is 7.72. The number of amides is 1. The summed E-state index contributed by atoms with van der Waals surface area (Å²) in [7, 11) is 0. The molecule has 0 aromatic rings. The molecule has 1 heterocycles. The van der Waals surface area contributed by atoms with Gasteiger partial charge in [-0.2, -0.15) is 0 Å². The Labute approximate surface area is 127 Å². The summed E-state index contributed by atoms with van der Waals surface area (Å²) in [6.45, 7) is 10.5. The van der Waals surface area contributed by atoms with Crippen molar-refractivity contribution < 1.29 is 19.7 Å². The van der Waals surface area contributed by atoms with Crippen molar-refractivity contribution in [3.63, 3.8) is 0 Å². The molecule has 0 unspecified atom stereocenters. The molecule has 6 nitrogen and oxygen atoms in total. The lowest BCUT2D eigenvalue weighted by Gasteiger charge is -2.40. The zero-order valence-corrected chi connectivity index (χ0v) is 13.8. The van der Waals surface area contributed by atoms with Crippen LogP contribution in [0.15, 0.2) is 0 Å². The molecule has 0 aromatic carbocycles. The van der Waals surface area contributed by atoms with Crippen molar-refractivity contribution in [3.05, 3.63) is 0 Å². The van der Waals surface area contributed by atoms with Crippen LogP contribution in [0.25, 0.3) is 0 Å². The molecule has 0 atom stereocenters. The molecule has 1 aliphatic rings. The molecule has 0 saturated carbocycles. The zero-order valence-electron chi connectivity index (χ0n) is 13.8. The number of hydrogen-bond donors (Lipinski definition) is 2. The van der Waals surface area contributed by atoms with Crippen LogP contribution in [-0.4, -0.2) is 76.6 Å². The van der Waals surface area contributed by atoms with Crippen LogP contribution in [-0.2, 0) is 4.74 Å². The van der Waals surface area contributed by atoms with Crippen LogP contribution in [0.3, 0.4) is 0 Å². The van der Waals surface area contributed by atoms with Crippen LogP contribution < -0.4 is 0 Å². The van der Waals surface area contributed by atoms with E-state index in [1.165, 1.54) is 0 Å². The van der Waals surface area contributed by atoms with Crippen LogP contribution in [0, 0.1) is 0 Å². The molecule has 2 N–H and O–H groups in total. The number of likely N-dealkylation sites (tertiary alicyclic amines) is 1. The van der Waals surface area contributed by atoms with Gasteiger partial charge in [0.2, 0.25) is 0 Å². The molecule has 1 fully saturated rings. The van der Waals surface area contributed by atoms with E-state index in [0.717, 1.165) is 6.54 Å². The number of piperidine rings is 1. The molecular formula is C15H30N2O4. The fraction of sp³-hybridized carbons (Fsp3) is 0.933. The van der Waals surface area contributed by atoms with E-state index in [-0.39, 0.29) is 12.7 Å². The highest BCUT2D eigenvalue weighted by molar-refractivity contribution is 5.68. The van der Waals surface area contributed by atoms with Crippen molar-refractivity contribution in [1.29, 1.82) is 0 Å². The lowest BCUT2D eigenvalue weighted by molar-refractivity contribution is -0.0508. The fourth-order valence-corrected chi connectivity index (χ4v) is 2.50. The summed E-state index contributed by atoms with van der Waals surface area (Å²) in [6, 6.07) is 0. The van der Waals surface area contributed by atoms with E-state index in [2.05, 4.69) is 0 Å². The van der Waals surface area contributed by atoms with E-state index in [1.807, 2.05) is 32.6 Å². The minimum absolute atomic E-state index is 0.0912. The lowest BCUT2D eigenvalue weighted by atomic mass is 9.91. The van der Waals surface area contributed by atoms with Gasteiger partial charge in [0.05, 0.1) is 12.2 Å². The summed E-state index contributed by atoms with van der Waals surface area (Å²) in [5.74, 6) is 0. The highest BCUT2D eigenvalue weighted by Crippen LogP contribution is 2.24. The molecule has 0 bridgehead atoms. The second kappa shape index (κ2) is 7.42. The Morgan fingerprint density at radius 2 is 1.90 bits per heavy atom. The van der Waals surface area contributed by atoms with Gasteiger partial charge in [-0.15, -0.1) is 0 Å². The summed E-state index contributed by atoms with van der Waals surface area (Å²) in [4.78, 5) is 15.7. The molecular weight excluding hydrogens is 272 g/mol. The maximum atomic E-state index is 12.0. The molecule has 0 aromatic heterocycles. The molecule has 0 radical (unpaired) electrons. The summed E-state index contributed by atoms with van der Waals surface area (Å²) in [6.07, 6.45) is 0.759. The van der Waals surface area contributed by atoms with Gasteiger partial charge >= 0.3 is 6.09 Å². The van der Waals surface area contributed by atoms with Gasteiger partial charge in [-0.25, -0.2) is 4.79 Å². The van der Waals surface area contributed by atoms with E-state index in [0.29, 0.717) is 39.0 Å². The lowest BCUT2D eigenvalue weighted by Crippen LogP contribution is -2.53. The number of aliphatic hydroxyl groups is 2. The molecule has 0 aliphatic carbocycles. The predicted molar refractivity (Wildman–Crippen MR) is 81.2 cm³/mol. The van der Waals surface area contributed by atoms with Gasteiger partial charge in [0.15, 0.2) is 0 Å². The molecule has 1 aliphatic heterocycles. The van der Waals surface area contributed by atoms with Gasteiger partial charge in [0.25, 0.3) is 0 Å². The van der Waals surface area contributed by atoms with Gasteiger partial charge in [-0.1, -0.05) is 6.92 Å². The minimum atomic E-state index is -0.788. The number of aliphatic hydroxyl groups excluding tert-OH is 1. The topological polar surface area (TPSA) is 73.2 Å². The van der Waals surface area contributed by atoms with Crippen LogP contribution in [0.5, 0.6) is 0 Å². The third-order valence-electron chi connectivity index (χ3n) is 3.73. The smallest absolute Gasteiger partial charge is 0.410 e. The SMILES string of the molecule is CCN(CCO)CC1(O)CCN(C(=O)OC(C)(C)C)CC1. The Bertz CT molecular complexity index is 333. The monoisotopic (exact) mass is 302 g/mol. The first kappa shape index (κ1) is 18.2. The minimum Gasteiger partial charge on any atom is -0.444 e. The second-order valence-electron chi connectivity index (χ2n) is 6.78. The standard InChI is InChI=1S/C15H30N2O4/c1-5-16(10-11-18)12-15(20)6-8-17(9-7-15)13(19)21-14(2,3)4/h18,20H,5-12H2,1-4H3. The molecule has 1 saturated heterocycles. The van der Waals surface area contributed by atoms with Gasteiger partial charge in [-0.3, -0.25) is 4.90 Å². The number of likely N-dealkylation sites (N-methyl/N-ethyl adjacent to an activating group) is 1. The second-order valence-corrected chi connectivity index (χ2v) is 6.78. The Kier molecular flexibility index (Phi) is 6.43.